The van der Waals surface area contributed by atoms with Gasteiger partial charge in [0.2, 0.25) is 5.92 Å². The number of aliphatic imine (C=N–C) groups is 1. The molecule has 2 aromatic heterocycles. The molecule has 1 saturated carbocycles. The zero-order valence-corrected chi connectivity index (χ0v) is 13.7. The minimum atomic E-state index is -2.67. The molecule has 0 aromatic carbocycles. The topological polar surface area (TPSA) is 88.9 Å². The molecule has 1 atom stereocenters. The Bertz CT molecular complexity index is 899. The van der Waals surface area contributed by atoms with Crippen LogP contribution in [-0.2, 0) is 0 Å². The molecule has 0 amide bonds. The van der Waals surface area contributed by atoms with Gasteiger partial charge in [0.1, 0.15) is 6.21 Å². The van der Waals surface area contributed by atoms with E-state index in [4.69, 9.17) is 0 Å². The standard InChI is InChI=1S/C16H16F2N6O2/c17-16(18)3-1-11(2-4-16)22-10-12(24(25)26)7-20-15(22)13-8-21-23-6-5-19-9-14(13)23/h5-11,15H,1-4H2. The fourth-order valence-corrected chi connectivity index (χ4v) is 3.50. The molecule has 0 spiro atoms. The summed E-state index contributed by atoms with van der Waals surface area (Å²) in [7, 11) is 0. The van der Waals surface area contributed by atoms with Crippen molar-refractivity contribution in [3.63, 3.8) is 0 Å². The second-order valence-electron chi connectivity index (χ2n) is 6.50. The van der Waals surface area contributed by atoms with Crippen LogP contribution in [0.4, 0.5) is 8.78 Å². The number of halogens is 2. The normalized spacial score (nSPS) is 23.2. The van der Waals surface area contributed by atoms with Gasteiger partial charge in [-0.25, -0.2) is 13.3 Å². The molecule has 0 saturated heterocycles. The maximum absolute atomic E-state index is 13.5. The van der Waals surface area contributed by atoms with Gasteiger partial charge in [0.05, 0.1) is 29.0 Å². The molecule has 26 heavy (non-hydrogen) atoms. The van der Waals surface area contributed by atoms with Crippen molar-refractivity contribution in [3.05, 3.63) is 52.4 Å². The van der Waals surface area contributed by atoms with E-state index in [1.807, 2.05) is 0 Å². The van der Waals surface area contributed by atoms with Crippen LogP contribution >= 0.6 is 0 Å². The third-order valence-corrected chi connectivity index (χ3v) is 4.86. The van der Waals surface area contributed by atoms with Crippen molar-refractivity contribution in [2.75, 3.05) is 0 Å². The van der Waals surface area contributed by atoms with E-state index in [9.17, 15) is 18.9 Å². The quantitative estimate of drug-likeness (QED) is 0.619. The molecule has 1 aliphatic heterocycles. The lowest BCUT2D eigenvalue weighted by Gasteiger charge is -2.39. The summed E-state index contributed by atoms with van der Waals surface area (Å²) in [4.78, 5) is 20.8. The Kier molecular flexibility index (Phi) is 3.89. The maximum atomic E-state index is 13.5. The number of hydrogen-bond donors (Lipinski definition) is 0. The number of nitrogens with zero attached hydrogens (tertiary/aromatic N) is 6. The van der Waals surface area contributed by atoms with Crippen LogP contribution in [0.5, 0.6) is 0 Å². The van der Waals surface area contributed by atoms with Crippen molar-refractivity contribution in [2.45, 2.75) is 43.8 Å². The second kappa shape index (κ2) is 6.11. The van der Waals surface area contributed by atoms with Crippen LogP contribution in [-0.4, -0.2) is 42.6 Å². The third kappa shape index (κ3) is 2.91. The summed E-state index contributed by atoms with van der Waals surface area (Å²) in [5.74, 6) is -2.67. The highest BCUT2D eigenvalue weighted by Gasteiger charge is 2.40. The Morgan fingerprint density at radius 2 is 2.04 bits per heavy atom. The van der Waals surface area contributed by atoms with Crippen LogP contribution in [0, 0.1) is 10.1 Å². The van der Waals surface area contributed by atoms with Crippen molar-refractivity contribution in [1.29, 1.82) is 0 Å². The number of aromatic nitrogens is 3. The molecule has 4 rings (SSSR count). The zero-order chi connectivity index (χ0) is 18.3. The fourth-order valence-electron chi connectivity index (χ4n) is 3.50. The van der Waals surface area contributed by atoms with E-state index in [1.54, 1.807) is 34.2 Å². The monoisotopic (exact) mass is 362 g/mol. The Hall–Kier alpha value is -2.91. The highest BCUT2D eigenvalue weighted by atomic mass is 19.3. The van der Waals surface area contributed by atoms with Gasteiger partial charge in [0.25, 0.3) is 0 Å². The first kappa shape index (κ1) is 16.6. The Morgan fingerprint density at radius 3 is 2.77 bits per heavy atom. The molecule has 2 aliphatic rings. The molecule has 10 heteroatoms. The molecule has 1 fully saturated rings. The van der Waals surface area contributed by atoms with Crippen LogP contribution in [0.25, 0.3) is 5.52 Å². The van der Waals surface area contributed by atoms with E-state index in [-0.39, 0.29) is 37.4 Å². The van der Waals surface area contributed by atoms with Gasteiger partial charge in [-0.2, -0.15) is 5.10 Å². The lowest BCUT2D eigenvalue weighted by Crippen LogP contribution is -2.41. The average Bonchev–Trinajstić information content (AvgIpc) is 3.05. The highest BCUT2D eigenvalue weighted by molar-refractivity contribution is 5.76. The molecule has 3 heterocycles. The van der Waals surface area contributed by atoms with Crippen LogP contribution in [0.2, 0.25) is 0 Å². The lowest BCUT2D eigenvalue weighted by atomic mass is 9.90. The highest BCUT2D eigenvalue weighted by Crippen LogP contribution is 2.39. The summed E-state index contributed by atoms with van der Waals surface area (Å²) in [6.07, 6.45) is 8.64. The van der Waals surface area contributed by atoms with Crippen LogP contribution in [0.3, 0.4) is 0 Å². The molecule has 0 radical (unpaired) electrons. The van der Waals surface area contributed by atoms with Crippen molar-refractivity contribution < 1.29 is 13.7 Å². The lowest BCUT2D eigenvalue weighted by molar-refractivity contribution is -0.415. The Labute approximate surface area is 147 Å². The van der Waals surface area contributed by atoms with Crippen molar-refractivity contribution in [1.82, 2.24) is 19.5 Å². The van der Waals surface area contributed by atoms with E-state index in [2.05, 4.69) is 15.1 Å². The molecular weight excluding hydrogens is 346 g/mol. The summed E-state index contributed by atoms with van der Waals surface area (Å²) >= 11 is 0. The number of rotatable bonds is 3. The fraction of sp³-hybridized carbons (Fsp3) is 0.438. The van der Waals surface area contributed by atoms with Gasteiger partial charge in [-0.1, -0.05) is 0 Å². The molecule has 2 aromatic rings. The van der Waals surface area contributed by atoms with Gasteiger partial charge in [-0.05, 0) is 12.8 Å². The first-order valence-electron chi connectivity index (χ1n) is 8.26. The Morgan fingerprint density at radius 1 is 1.27 bits per heavy atom. The van der Waals surface area contributed by atoms with Gasteiger partial charge < -0.3 is 4.90 Å². The second-order valence-corrected chi connectivity index (χ2v) is 6.50. The number of alkyl halides is 2. The molecule has 1 aliphatic carbocycles. The molecule has 0 bridgehead atoms. The summed E-state index contributed by atoms with van der Waals surface area (Å²) in [6.45, 7) is 0. The number of allylic oxidation sites excluding steroid dienone is 1. The van der Waals surface area contributed by atoms with Gasteiger partial charge in [0, 0.05) is 36.8 Å². The van der Waals surface area contributed by atoms with Crippen LogP contribution < -0.4 is 0 Å². The predicted octanol–water partition coefficient (Wildman–Crippen LogP) is 2.81. The predicted molar refractivity (Wildman–Crippen MR) is 88.3 cm³/mol. The zero-order valence-electron chi connectivity index (χ0n) is 13.7. The molecule has 8 nitrogen and oxygen atoms in total. The maximum Gasteiger partial charge on any atom is 0.302 e. The molecule has 136 valence electrons. The first-order chi connectivity index (χ1) is 12.4. The summed E-state index contributed by atoms with van der Waals surface area (Å²) in [5.41, 5.74) is 1.29. The van der Waals surface area contributed by atoms with E-state index >= 15 is 0 Å². The van der Waals surface area contributed by atoms with Gasteiger partial charge in [-0.3, -0.25) is 20.1 Å². The summed E-state index contributed by atoms with van der Waals surface area (Å²) < 4.78 is 28.7. The van der Waals surface area contributed by atoms with Crippen molar-refractivity contribution in [2.24, 2.45) is 4.99 Å². The van der Waals surface area contributed by atoms with Gasteiger partial charge >= 0.3 is 5.70 Å². The van der Waals surface area contributed by atoms with E-state index in [0.29, 0.717) is 0 Å². The first-order valence-corrected chi connectivity index (χ1v) is 8.26. The van der Waals surface area contributed by atoms with Crippen molar-refractivity contribution in [3.8, 4) is 0 Å². The Balaban J connectivity index is 1.71. The largest absolute Gasteiger partial charge is 0.343 e. The number of hydrogen-bond acceptors (Lipinski definition) is 6. The van der Waals surface area contributed by atoms with E-state index in [0.717, 1.165) is 11.1 Å². The molecule has 1 unspecified atom stereocenters. The number of fused-ring (bicyclic) bond motifs is 1. The summed E-state index contributed by atoms with van der Waals surface area (Å²) in [6, 6.07) is -0.251. The van der Waals surface area contributed by atoms with Crippen LogP contribution in [0.15, 0.2) is 41.7 Å². The van der Waals surface area contributed by atoms with Gasteiger partial charge in [0.15, 0.2) is 6.17 Å². The molecule has 0 N–H and O–H groups in total. The molecular formula is C16H16F2N6O2. The minimum Gasteiger partial charge on any atom is -0.343 e. The smallest absolute Gasteiger partial charge is 0.302 e. The van der Waals surface area contributed by atoms with Gasteiger partial charge in [-0.15, -0.1) is 0 Å². The van der Waals surface area contributed by atoms with Crippen LogP contribution in [0.1, 0.15) is 37.4 Å². The third-order valence-electron chi connectivity index (χ3n) is 4.86. The van der Waals surface area contributed by atoms with E-state index < -0.39 is 17.0 Å². The van der Waals surface area contributed by atoms with E-state index in [1.165, 1.54) is 12.4 Å². The average molecular weight is 362 g/mol. The minimum absolute atomic E-state index is 0.159. The SMILES string of the molecule is O=[N+]([O-])C1=CN(C2CCC(F)(F)CC2)C(c2cnn3ccncc23)N=C1. The summed E-state index contributed by atoms with van der Waals surface area (Å²) in [5, 5.41) is 15.4. The van der Waals surface area contributed by atoms with Crippen molar-refractivity contribution >= 4 is 11.7 Å². The number of nitro groups is 1.